The van der Waals surface area contributed by atoms with Crippen LogP contribution >= 0.6 is 0 Å². The van der Waals surface area contributed by atoms with Crippen LogP contribution in [0.2, 0.25) is 0 Å². The smallest absolute Gasteiger partial charge is 0.324 e. The van der Waals surface area contributed by atoms with E-state index in [1.165, 1.54) is 23.1 Å². The summed E-state index contributed by atoms with van der Waals surface area (Å²) in [4.78, 5) is 26.8. The quantitative estimate of drug-likeness (QED) is 0.733. The molecular weight excluding hydrogens is 378 g/mol. The zero-order valence-corrected chi connectivity index (χ0v) is 14.4. The molecule has 2 aliphatic rings. The molecule has 1 fully saturated rings. The van der Waals surface area contributed by atoms with Gasteiger partial charge in [-0.2, -0.15) is 13.2 Å². The molecule has 28 heavy (non-hydrogen) atoms. The largest absolute Gasteiger partial charge is 0.416 e. The van der Waals surface area contributed by atoms with Crippen LogP contribution in [-0.4, -0.2) is 42.4 Å². The van der Waals surface area contributed by atoms with Crippen molar-refractivity contribution in [1.29, 1.82) is 0 Å². The summed E-state index contributed by atoms with van der Waals surface area (Å²) in [6.45, 7) is 1.14. The summed E-state index contributed by atoms with van der Waals surface area (Å²) in [7, 11) is 0. The Hall–Kier alpha value is -2.94. The molecule has 2 amide bonds. The van der Waals surface area contributed by atoms with Gasteiger partial charge in [-0.25, -0.2) is 4.39 Å². The summed E-state index contributed by atoms with van der Waals surface area (Å²) < 4.78 is 53.2. The molecule has 0 aromatic heterocycles. The normalized spacial score (nSPS) is 19.6. The first-order valence-corrected chi connectivity index (χ1v) is 8.59. The van der Waals surface area contributed by atoms with E-state index in [2.05, 4.69) is 10.6 Å². The van der Waals surface area contributed by atoms with Crippen LogP contribution in [-0.2, 0) is 11.0 Å². The van der Waals surface area contributed by atoms with Crippen LogP contribution in [0.25, 0.3) is 11.1 Å². The Morgan fingerprint density at radius 1 is 1.04 bits per heavy atom. The minimum Gasteiger partial charge on any atom is -0.324 e. The molecule has 0 bridgehead atoms. The number of nitrogens with one attached hydrogen (secondary N) is 2. The molecule has 1 saturated heterocycles. The molecule has 0 spiro atoms. The van der Waals surface area contributed by atoms with Crippen LogP contribution in [0, 0.1) is 5.82 Å². The van der Waals surface area contributed by atoms with Gasteiger partial charge in [-0.15, -0.1) is 0 Å². The van der Waals surface area contributed by atoms with E-state index in [9.17, 15) is 27.2 Å². The van der Waals surface area contributed by atoms with Crippen molar-refractivity contribution in [1.82, 2.24) is 10.2 Å². The van der Waals surface area contributed by atoms with E-state index < -0.39 is 29.5 Å². The first-order valence-electron chi connectivity index (χ1n) is 8.59. The molecule has 0 saturated carbocycles. The topological polar surface area (TPSA) is 61.4 Å². The number of hydrogen-bond donors (Lipinski definition) is 2. The molecule has 5 nitrogen and oxygen atoms in total. The number of rotatable bonds is 1. The first kappa shape index (κ1) is 18.4. The van der Waals surface area contributed by atoms with Gasteiger partial charge < -0.3 is 15.5 Å². The zero-order chi connectivity index (χ0) is 20.1. The van der Waals surface area contributed by atoms with E-state index in [4.69, 9.17) is 0 Å². The molecule has 0 unspecified atom stereocenters. The molecule has 2 N–H and O–H groups in total. The summed E-state index contributed by atoms with van der Waals surface area (Å²) in [5.41, 5.74) is -0.760. The lowest BCUT2D eigenvalue weighted by Gasteiger charge is -2.33. The number of nitrogens with zero attached hydrogens (tertiary/aromatic N) is 1. The lowest BCUT2D eigenvalue weighted by molar-refractivity contribution is -0.137. The standard InChI is InChI=1S/C19H15F4N3O2/c20-14-3-2-11(19(21,22)23)8-12(14)10-1-4-15-13(7-10)18(28)26-6-5-24-9-16(26)17(27)25-15/h1-4,7-8,16,24H,5-6,9H2,(H,25,27)/t16-/m0/s1. The summed E-state index contributed by atoms with van der Waals surface area (Å²) in [6.07, 6.45) is -4.62. The summed E-state index contributed by atoms with van der Waals surface area (Å²) >= 11 is 0. The molecular formula is C19H15F4N3O2. The fourth-order valence-corrected chi connectivity index (χ4v) is 3.47. The molecule has 1 atom stereocenters. The number of amides is 2. The highest BCUT2D eigenvalue weighted by Crippen LogP contribution is 2.35. The number of hydrogen-bond acceptors (Lipinski definition) is 3. The van der Waals surface area contributed by atoms with Crippen LogP contribution < -0.4 is 10.6 Å². The minimum atomic E-state index is -4.62. The number of alkyl halides is 3. The zero-order valence-electron chi connectivity index (χ0n) is 14.4. The maximum absolute atomic E-state index is 14.2. The molecule has 2 aromatic carbocycles. The summed E-state index contributed by atoms with van der Waals surface area (Å²) in [6, 6.07) is 5.56. The van der Waals surface area contributed by atoms with Crippen molar-refractivity contribution in [3.63, 3.8) is 0 Å². The molecule has 0 aliphatic carbocycles. The van der Waals surface area contributed by atoms with Gasteiger partial charge in [0, 0.05) is 25.2 Å². The van der Waals surface area contributed by atoms with Crippen LogP contribution in [0.15, 0.2) is 36.4 Å². The van der Waals surface area contributed by atoms with Gasteiger partial charge in [0.05, 0.1) is 16.8 Å². The van der Waals surface area contributed by atoms with E-state index in [0.717, 1.165) is 6.07 Å². The van der Waals surface area contributed by atoms with Crippen molar-refractivity contribution in [2.24, 2.45) is 0 Å². The van der Waals surface area contributed by atoms with Crippen LogP contribution in [0.5, 0.6) is 0 Å². The van der Waals surface area contributed by atoms with Crippen molar-refractivity contribution in [2.75, 3.05) is 25.0 Å². The van der Waals surface area contributed by atoms with Gasteiger partial charge in [0.25, 0.3) is 5.91 Å². The first-order chi connectivity index (χ1) is 13.3. The van der Waals surface area contributed by atoms with E-state index in [-0.39, 0.29) is 28.3 Å². The van der Waals surface area contributed by atoms with Gasteiger partial charge in [0.2, 0.25) is 5.91 Å². The monoisotopic (exact) mass is 393 g/mol. The minimum absolute atomic E-state index is 0.118. The van der Waals surface area contributed by atoms with Gasteiger partial charge in [0.1, 0.15) is 11.9 Å². The van der Waals surface area contributed by atoms with Gasteiger partial charge >= 0.3 is 6.18 Å². The van der Waals surface area contributed by atoms with Crippen molar-refractivity contribution in [3.05, 3.63) is 53.3 Å². The number of piperazine rings is 1. The second-order valence-electron chi connectivity index (χ2n) is 6.66. The molecule has 4 rings (SSSR count). The van der Waals surface area contributed by atoms with Crippen molar-refractivity contribution in [3.8, 4) is 11.1 Å². The summed E-state index contributed by atoms with van der Waals surface area (Å²) in [5.74, 6) is -1.61. The van der Waals surface area contributed by atoms with E-state index in [1.807, 2.05) is 0 Å². The van der Waals surface area contributed by atoms with Gasteiger partial charge in [-0.3, -0.25) is 9.59 Å². The summed E-state index contributed by atoms with van der Waals surface area (Å²) in [5, 5.41) is 5.71. The number of halogens is 4. The molecule has 2 aromatic rings. The Morgan fingerprint density at radius 2 is 1.82 bits per heavy atom. The van der Waals surface area contributed by atoms with Crippen LogP contribution in [0.1, 0.15) is 15.9 Å². The highest BCUT2D eigenvalue weighted by molar-refractivity contribution is 6.10. The molecule has 9 heteroatoms. The van der Waals surface area contributed by atoms with Gasteiger partial charge in [-0.1, -0.05) is 6.07 Å². The van der Waals surface area contributed by atoms with Gasteiger partial charge in [-0.05, 0) is 35.9 Å². The number of anilines is 1. The predicted octanol–water partition coefficient (Wildman–Crippen LogP) is 2.88. The predicted molar refractivity (Wildman–Crippen MR) is 93.2 cm³/mol. The van der Waals surface area contributed by atoms with E-state index in [1.54, 1.807) is 0 Å². The van der Waals surface area contributed by atoms with E-state index in [0.29, 0.717) is 31.8 Å². The van der Waals surface area contributed by atoms with Crippen molar-refractivity contribution >= 4 is 17.5 Å². The lowest BCUT2D eigenvalue weighted by Crippen LogP contribution is -2.57. The molecule has 0 radical (unpaired) electrons. The Kier molecular flexibility index (Phi) is 4.34. The van der Waals surface area contributed by atoms with Crippen LogP contribution in [0.3, 0.4) is 0 Å². The third kappa shape index (κ3) is 3.11. The SMILES string of the molecule is O=C1Nc2ccc(-c3cc(C(F)(F)F)ccc3F)cc2C(=O)N2CCNC[C@@H]12. The molecule has 2 heterocycles. The Morgan fingerprint density at radius 3 is 2.57 bits per heavy atom. The number of carbonyl (C=O) groups is 2. The second-order valence-corrected chi connectivity index (χ2v) is 6.66. The van der Waals surface area contributed by atoms with E-state index >= 15 is 0 Å². The Bertz CT molecular complexity index is 974. The highest BCUT2D eigenvalue weighted by atomic mass is 19.4. The molecule has 2 aliphatic heterocycles. The second kappa shape index (κ2) is 6.59. The number of fused-ring (bicyclic) bond motifs is 2. The lowest BCUT2D eigenvalue weighted by atomic mass is 9.98. The Labute approximate surface area is 157 Å². The van der Waals surface area contributed by atoms with Crippen LogP contribution in [0.4, 0.5) is 23.2 Å². The fraction of sp³-hybridized carbons (Fsp3) is 0.263. The maximum atomic E-state index is 14.2. The number of carbonyl (C=O) groups excluding carboxylic acids is 2. The maximum Gasteiger partial charge on any atom is 0.416 e. The fourth-order valence-electron chi connectivity index (χ4n) is 3.47. The highest BCUT2D eigenvalue weighted by Gasteiger charge is 2.37. The average molecular weight is 393 g/mol. The van der Waals surface area contributed by atoms with Gasteiger partial charge in [0.15, 0.2) is 0 Å². The van der Waals surface area contributed by atoms with Crippen molar-refractivity contribution < 1.29 is 27.2 Å². The third-order valence-corrected chi connectivity index (χ3v) is 4.92. The number of benzene rings is 2. The average Bonchev–Trinajstić information content (AvgIpc) is 2.77. The Balaban J connectivity index is 1.80. The third-order valence-electron chi connectivity index (χ3n) is 4.92. The van der Waals surface area contributed by atoms with Crippen molar-refractivity contribution in [2.45, 2.75) is 12.2 Å². The molecule has 146 valence electrons.